The molecule has 1 aliphatic rings. The van der Waals surface area contributed by atoms with E-state index in [9.17, 15) is 8.78 Å². The molecule has 0 saturated carbocycles. The van der Waals surface area contributed by atoms with E-state index < -0.39 is 11.6 Å². The number of fused-ring (bicyclic) bond motifs is 1. The predicted octanol–water partition coefficient (Wildman–Crippen LogP) is 4.84. The van der Waals surface area contributed by atoms with Crippen LogP contribution in [0, 0.1) is 11.6 Å². The third-order valence-electron chi connectivity index (χ3n) is 5.90. The summed E-state index contributed by atoms with van der Waals surface area (Å²) in [6, 6.07) is 13.7. The second-order valence-corrected chi connectivity index (χ2v) is 7.69. The molecule has 0 aliphatic carbocycles. The molecule has 4 aromatic rings. The second kappa shape index (κ2) is 8.07. The predicted molar refractivity (Wildman–Crippen MR) is 116 cm³/mol. The van der Waals surface area contributed by atoms with Gasteiger partial charge in [-0.2, -0.15) is 5.10 Å². The van der Waals surface area contributed by atoms with Gasteiger partial charge in [0.2, 0.25) is 5.88 Å². The van der Waals surface area contributed by atoms with Gasteiger partial charge in [-0.15, -0.1) is 0 Å². The van der Waals surface area contributed by atoms with Gasteiger partial charge in [-0.05, 0) is 55.6 Å². The maximum atomic E-state index is 14.6. The Kier molecular flexibility index (Phi) is 5.11. The van der Waals surface area contributed by atoms with Crippen molar-refractivity contribution in [1.82, 2.24) is 20.1 Å². The number of benzene rings is 2. The smallest absolute Gasteiger partial charge is 0.224 e. The van der Waals surface area contributed by atoms with Crippen molar-refractivity contribution in [2.45, 2.75) is 18.8 Å². The average Bonchev–Trinajstić information content (AvgIpc) is 3.19. The minimum atomic E-state index is -0.687. The van der Waals surface area contributed by atoms with Crippen LogP contribution in [0.15, 0.2) is 54.7 Å². The zero-order valence-electron chi connectivity index (χ0n) is 17.1. The molecule has 0 bridgehead atoms. The number of hydrogen-bond donors (Lipinski definition) is 1. The Morgan fingerprint density at radius 1 is 1.00 bits per heavy atom. The van der Waals surface area contributed by atoms with Gasteiger partial charge in [0.1, 0.15) is 11.4 Å². The van der Waals surface area contributed by atoms with Crippen LogP contribution < -0.4 is 10.1 Å². The lowest BCUT2D eigenvalue weighted by molar-refractivity contribution is 0.403. The molecule has 1 aliphatic heterocycles. The van der Waals surface area contributed by atoms with E-state index >= 15 is 0 Å². The van der Waals surface area contributed by atoms with Gasteiger partial charge in [0.15, 0.2) is 11.6 Å². The van der Waals surface area contributed by atoms with Crippen molar-refractivity contribution < 1.29 is 13.5 Å². The molecule has 7 heteroatoms. The normalized spacial score (nSPS) is 14.8. The van der Waals surface area contributed by atoms with E-state index in [0.717, 1.165) is 31.5 Å². The SMILES string of the molecule is COc1nccc2c1c(-c1ccc(C3CCNCC3)cc1)nn2-c1c(F)cccc1F. The van der Waals surface area contributed by atoms with Crippen molar-refractivity contribution in [2.75, 3.05) is 20.2 Å². The number of aromatic nitrogens is 3. The fourth-order valence-corrected chi connectivity index (χ4v) is 4.32. The first kappa shape index (κ1) is 19.6. The Hall–Kier alpha value is -3.32. The molecule has 0 radical (unpaired) electrons. The van der Waals surface area contributed by atoms with Gasteiger partial charge in [0.25, 0.3) is 0 Å². The van der Waals surface area contributed by atoms with Crippen molar-refractivity contribution in [3.63, 3.8) is 0 Å². The molecule has 31 heavy (non-hydrogen) atoms. The minimum absolute atomic E-state index is 0.224. The maximum Gasteiger partial charge on any atom is 0.224 e. The molecule has 158 valence electrons. The highest BCUT2D eigenvalue weighted by Crippen LogP contribution is 2.36. The summed E-state index contributed by atoms with van der Waals surface area (Å²) in [5.74, 6) is -0.479. The van der Waals surface area contributed by atoms with Crippen LogP contribution in [-0.2, 0) is 0 Å². The van der Waals surface area contributed by atoms with Gasteiger partial charge < -0.3 is 10.1 Å². The van der Waals surface area contributed by atoms with Crippen molar-refractivity contribution in [3.05, 3.63) is 71.9 Å². The van der Waals surface area contributed by atoms with Crippen LogP contribution >= 0.6 is 0 Å². The summed E-state index contributed by atoms with van der Waals surface area (Å²) in [6.45, 7) is 2.05. The van der Waals surface area contributed by atoms with E-state index in [-0.39, 0.29) is 5.69 Å². The maximum absolute atomic E-state index is 14.6. The molecule has 0 spiro atoms. The van der Waals surface area contributed by atoms with Crippen molar-refractivity contribution in [3.8, 4) is 22.8 Å². The van der Waals surface area contributed by atoms with E-state index in [4.69, 9.17) is 4.74 Å². The lowest BCUT2D eigenvalue weighted by Crippen LogP contribution is -2.26. The quantitative estimate of drug-likeness (QED) is 0.513. The van der Waals surface area contributed by atoms with Gasteiger partial charge in [-0.3, -0.25) is 0 Å². The first-order valence-corrected chi connectivity index (χ1v) is 10.3. The van der Waals surface area contributed by atoms with Gasteiger partial charge in [-0.1, -0.05) is 30.3 Å². The van der Waals surface area contributed by atoms with Crippen molar-refractivity contribution in [1.29, 1.82) is 0 Å². The Balaban J connectivity index is 1.67. The fraction of sp³-hybridized carbons (Fsp3) is 0.250. The Morgan fingerprint density at radius 2 is 1.71 bits per heavy atom. The highest BCUT2D eigenvalue weighted by atomic mass is 19.1. The third kappa shape index (κ3) is 3.45. The summed E-state index contributed by atoms with van der Waals surface area (Å²) in [5, 5.41) is 8.61. The first-order chi connectivity index (χ1) is 15.2. The van der Waals surface area contributed by atoms with E-state index in [2.05, 4.69) is 27.5 Å². The number of rotatable bonds is 4. The standard InChI is InChI=1S/C24H22F2N4O/c1-31-24-21-20(11-14-28-24)30(23-18(25)3-2-4-19(23)26)29-22(21)17-7-5-15(6-8-17)16-9-12-27-13-10-16/h2-8,11,14,16,27H,9-10,12-13H2,1H3. The summed E-state index contributed by atoms with van der Waals surface area (Å²) >= 11 is 0. The summed E-state index contributed by atoms with van der Waals surface area (Å²) in [7, 11) is 1.52. The van der Waals surface area contributed by atoms with Crippen molar-refractivity contribution in [2.24, 2.45) is 0 Å². The molecule has 2 aromatic heterocycles. The number of para-hydroxylation sites is 1. The van der Waals surface area contributed by atoms with E-state index in [1.54, 1.807) is 12.3 Å². The number of piperidine rings is 1. The van der Waals surface area contributed by atoms with Crippen LogP contribution in [0.25, 0.3) is 27.8 Å². The van der Waals surface area contributed by atoms with Crippen LogP contribution in [-0.4, -0.2) is 35.0 Å². The molecular weight excluding hydrogens is 398 g/mol. The molecule has 1 fully saturated rings. The molecule has 1 saturated heterocycles. The molecule has 2 aromatic carbocycles. The first-order valence-electron chi connectivity index (χ1n) is 10.3. The molecule has 5 nitrogen and oxygen atoms in total. The number of pyridine rings is 1. The van der Waals surface area contributed by atoms with Crippen LogP contribution in [0.5, 0.6) is 5.88 Å². The second-order valence-electron chi connectivity index (χ2n) is 7.69. The van der Waals surface area contributed by atoms with Crippen LogP contribution in [0.1, 0.15) is 24.3 Å². The number of halogens is 2. The van der Waals surface area contributed by atoms with Gasteiger partial charge >= 0.3 is 0 Å². The summed E-state index contributed by atoms with van der Waals surface area (Å²) < 4.78 is 35.9. The zero-order chi connectivity index (χ0) is 21.4. The van der Waals surface area contributed by atoms with Gasteiger partial charge in [0.05, 0.1) is 18.0 Å². The average molecular weight is 420 g/mol. The zero-order valence-corrected chi connectivity index (χ0v) is 17.1. The molecule has 0 amide bonds. The minimum Gasteiger partial charge on any atom is -0.480 e. The van der Waals surface area contributed by atoms with E-state index in [1.807, 2.05) is 12.1 Å². The molecule has 0 atom stereocenters. The molecular formula is C24H22F2N4O. The number of ether oxygens (including phenoxy) is 1. The van der Waals surface area contributed by atoms with E-state index in [1.165, 1.54) is 35.6 Å². The van der Waals surface area contributed by atoms with Crippen LogP contribution in [0.3, 0.4) is 0 Å². The number of nitrogens with one attached hydrogen (secondary N) is 1. The summed E-state index contributed by atoms with van der Waals surface area (Å²) in [4.78, 5) is 4.28. The Morgan fingerprint density at radius 3 is 2.39 bits per heavy atom. The Bertz CT molecular complexity index is 1210. The lowest BCUT2D eigenvalue weighted by atomic mass is 9.89. The molecule has 3 heterocycles. The third-order valence-corrected chi connectivity index (χ3v) is 5.90. The largest absolute Gasteiger partial charge is 0.480 e. The number of hydrogen-bond acceptors (Lipinski definition) is 4. The number of methoxy groups -OCH3 is 1. The summed E-state index contributed by atoms with van der Waals surface area (Å²) in [5.41, 5.74) is 3.00. The monoisotopic (exact) mass is 420 g/mol. The highest BCUT2D eigenvalue weighted by molar-refractivity contribution is 5.97. The molecule has 0 unspecified atom stereocenters. The fourth-order valence-electron chi connectivity index (χ4n) is 4.32. The molecule has 5 rings (SSSR count). The highest BCUT2D eigenvalue weighted by Gasteiger charge is 2.22. The van der Waals surface area contributed by atoms with Crippen LogP contribution in [0.4, 0.5) is 8.78 Å². The van der Waals surface area contributed by atoms with Gasteiger partial charge in [-0.25, -0.2) is 18.4 Å². The molecule has 1 N–H and O–H groups in total. The van der Waals surface area contributed by atoms with Crippen molar-refractivity contribution >= 4 is 10.9 Å². The van der Waals surface area contributed by atoms with Crippen LogP contribution in [0.2, 0.25) is 0 Å². The number of nitrogens with zero attached hydrogens (tertiary/aromatic N) is 3. The van der Waals surface area contributed by atoms with E-state index in [0.29, 0.717) is 28.4 Å². The summed E-state index contributed by atoms with van der Waals surface area (Å²) in [6.07, 6.45) is 3.77. The van der Waals surface area contributed by atoms with Gasteiger partial charge in [0, 0.05) is 11.8 Å². The lowest BCUT2D eigenvalue weighted by Gasteiger charge is -2.23. The Labute approximate surface area is 178 Å². The topological polar surface area (TPSA) is 52.0 Å².